The summed E-state index contributed by atoms with van der Waals surface area (Å²) in [5, 5.41) is 18.2. The molecule has 496 valence electrons. The number of furan rings is 1. The van der Waals surface area contributed by atoms with Crippen LogP contribution in [-0.4, -0.2) is 112 Å². The number of aromatic carboxylic acids is 2. The highest BCUT2D eigenvalue weighted by Crippen LogP contribution is 2.64. The van der Waals surface area contributed by atoms with Crippen LogP contribution < -0.4 is 0 Å². The van der Waals surface area contributed by atoms with Gasteiger partial charge in [-0.1, -0.05) is 67.4 Å². The molecule has 1 aromatic carbocycles. The van der Waals surface area contributed by atoms with Crippen LogP contribution in [-0.2, 0) is 76.8 Å². The van der Waals surface area contributed by atoms with Gasteiger partial charge in [0.05, 0.1) is 17.0 Å². The second-order valence-electron chi connectivity index (χ2n) is 29.4. The lowest BCUT2D eigenvalue weighted by molar-refractivity contribution is -0.576. The number of fused-ring (bicyclic) bond motifs is 6. The van der Waals surface area contributed by atoms with Crippen LogP contribution in [0.5, 0.6) is 0 Å². The third-order valence-corrected chi connectivity index (χ3v) is 23.6. The van der Waals surface area contributed by atoms with E-state index in [1.54, 1.807) is 0 Å². The van der Waals surface area contributed by atoms with Gasteiger partial charge >= 0.3 is 29.8 Å². The van der Waals surface area contributed by atoms with Crippen LogP contribution in [0.3, 0.4) is 0 Å². The van der Waals surface area contributed by atoms with Gasteiger partial charge in [0.25, 0.3) is 0 Å². The van der Waals surface area contributed by atoms with Crippen molar-refractivity contribution in [1.82, 2.24) is 0 Å². The van der Waals surface area contributed by atoms with Crippen LogP contribution in [0, 0.1) is 82.9 Å². The molecule has 18 rings (SSSR count). The van der Waals surface area contributed by atoms with Crippen LogP contribution >= 0.6 is 0 Å². The molecule has 16 fully saturated rings. The molecule has 13 heterocycles. The van der Waals surface area contributed by atoms with E-state index in [0.717, 1.165) is 83.5 Å². The fraction of sp³-hybridized carbons (Fsp3) is 0.776. The van der Waals surface area contributed by atoms with E-state index >= 15 is 0 Å². The minimum absolute atomic E-state index is 0.00633. The molecule has 23 nitrogen and oxygen atoms in total. The van der Waals surface area contributed by atoms with Crippen molar-refractivity contribution in [2.45, 2.75) is 244 Å². The Labute approximate surface area is 524 Å². The van der Waals surface area contributed by atoms with Crippen molar-refractivity contribution in [1.29, 1.82) is 0 Å². The summed E-state index contributed by atoms with van der Waals surface area (Å²) in [6.45, 7) is 20.7. The van der Waals surface area contributed by atoms with Crippen molar-refractivity contribution in [3.8, 4) is 0 Å². The molecular weight excluding hydrogens is 1170 g/mol. The van der Waals surface area contributed by atoms with Crippen LogP contribution in [0.25, 0.3) is 0 Å². The van der Waals surface area contributed by atoms with Gasteiger partial charge in [0.1, 0.15) is 0 Å². The molecule has 6 bridgehead atoms. The van der Waals surface area contributed by atoms with E-state index in [1.165, 1.54) is 42.8 Å². The second kappa shape index (κ2) is 24.0. The largest absolute Gasteiger partial charge is 0.478 e. The van der Waals surface area contributed by atoms with E-state index in [0.29, 0.717) is 42.4 Å². The second-order valence-corrected chi connectivity index (χ2v) is 29.4. The van der Waals surface area contributed by atoms with E-state index in [2.05, 4.69) is 34.6 Å². The highest BCUT2D eigenvalue weighted by molar-refractivity contribution is 5.94. The number of ether oxygens (including phenoxy) is 9. The Morgan fingerprint density at radius 3 is 1.30 bits per heavy atom. The molecule has 3 spiro atoms. The first kappa shape index (κ1) is 64.1. The summed E-state index contributed by atoms with van der Waals surface area (Å²) in [5.41, 5.74) is -1.87. The number of carbonyl (C=O) groups is 5. The van der Waals surface area contributed by atoms with E-state index in [4.69, 9.17) is 81.5 Å². The van der Waals surface area contributed by atoms with Gasteiger partial charge in [-0.3, -0.25) is 4.79 Å². The normalized spacial score (nSPS) is 47.4. The average molecular weight is 1260 g/mol. The maximum atomic E-state index is 12.9. The summed E-state index contributed by atoms with van der Waals surface area (Å²) in [6.07, 6.45) is 10.9. The predicted octanol–water partition coefficient (Wildman–Crippen LogP) is 11.7. The SMILES string of the molecule is CC1CCCC(C(=O)O[C@@H]2O[C@@H]3O[C@]4(C)CC[C@H]5[C@H](C)CC[C@@H]([C@H]2C)C35OO4)C1.C[C@H]1[C@H](OC(=O)c2ccc(C(=O)O)o2)O[C@@H]2O[C@]3(C)CC[C@H]4[C@H](C)CC[C@@H]1C24OO3.C[C@H]1[C@H](OC(=O)c2cccc(C(=O)O)c2)O[C@@H]2O[C@]3(C)CC[C@H]4[C@H](C)CC[C@@H]1C24OO3. The Kier molecular flexibility index (Phi) is 17.1. The van der Waals surface area contributed by atoms with Crippen molar-refractivity contribution < 1.29 is 111 Å². The Morgan fingerprint density at radius 2 is 0.878 bits per heavy atom. The zero-order valence-corrected chi connectivity index (χ0v) is 53.3. The standard InChI is InChI=1S/C23H28O8.C23H36O6.C21H26O9/c1-12-7-8-17-13(2)20(27-19(26)15-6-4-5-14(11-15)18(24)25)28-21-23(17)16(12)9-10-22(3,29-21)30-31-23;1-13-6-5-7-16(12-13)19(24)25-20-15(3)18-9-8-14(2)17-10-11-22(4)27-21(26-20)23(17,18)29-28-22;1-10-4-5-13-11(2)18(26-17(24)15-7-6-14(25-15)16(22)23)27-19-21(13)12(10)8-9-20(3,28-19)29-30-21/h4-6,11-13,16-17,20-21H,7-10H2,1-3H3,(H,24,25);13-18,20-21H,5-12H2,1-4H3;6-7,10-13,18-19H,4-5,8-9H2,1-3H3,(H,22,23)/t12-,13-,16+,17+,20-,21-,22+,23?;13?,14-,15-,16?,17+,18+,20-,21-,22+,23?;10-,11-,12+,13+,18-,19-,20+,21?/m111/s1. The molecule has 1 aromatic heterocycles. The fourth-order valence-corrected chi connectivity index (χ4v) is 18.6. The maximum Gasteiger partial charge on any atom is 0.376 e. The first-order valence-electron chi connectivity index (χ1n) is 33.2. The topological polar surface area (TPSA) is 277 Å². The average Bonchev–Trinajstić information content (AvgIpc) is 1.32. The number of carboxylic acid groups (broad SMARTS) is 2. The minimum atomic E-state index is -1.26. The molecule has 2 N–H and O–H groups in total. The highest BCUT2D eigenvalue weighted by atomic mass is 17.3. The molecule has 0 amide bonds. The number of esters is 3. The van der Waals surface area contributed by atoms with Gasteiger partial charge in [-0.2, -0.15) is 0 Å². The molecule has 2 aromatic rings. The molecule has 12 aliphatic heterocycles. The molecule has 23 heteroatoms. The third-order valence-electron chi connectivity index (χ3n) is 23.6. The number of benzene rings is 1. The van der Waals surface area contributed by atoms with Gasteiger partial charge in [0, 0.05) is 54.8 Å². The van der Waals surface area contributed by atoms with Crippen molar-refractivity contribution in [2.24, 2.45) is 82.9 Å². The minimum Gasteiger partial charge on any atom is -0.478 e. The number of hydrogen-bond donors (Lipinski definition) is 2. The van der Waals surface area contributed by atoms with Crippen molar-refractivity contribution >= 4 is 29.8 Å². The number of carbonyl (C=O) groups excluding carboxylic acids is 3. The van der Waals surface area contributed by atoms with E-state index in [-0.39, 0.29) is 81.9 Å². The Bertz CT molecular complexity index is 3040. The lowest BCUT2D eigenvalue weighted by atomic mass is 9.58. The fourth-order valence-electron chi connectivity index (χ4n) is 18.6. The molecule has 16 aliphatic rings. The van der Waals surface area contributed by atoms with Gasteiger partial charge in [-0.25, -0.2) is 48.5 Å². The maximum absolute atomic E-state index is 12.9. The van der Waals surface area contributed by atoms with Gasteiger partial charge in [-0.05, 0) is 163 Å². The van der Waals surface area contributed by atoms with Crippen molar-refractivity contribution in [3.63, 3.8) is 0 Å². The van der Waals surface area contributed by atoms with E-state index in [1.807, 2.05) is 34.6 Å². The predicted molar refractivity (Wildman–Crippen MR) is 308 cm³/mol. The lowest BCUT2D eigenvalue weighted by Gasteiger charge is -2.60. The first-order chi connectivity index (χ1) is 42.8. The summed E-state index contributed by atoms with van der Waals surface area (Å²) in [4.78, 5) is 96.2. The van der Waals surface area contributed by atoms with Crippen LogP contribution in [0.4, 0.5) is 0 Å². The molecule has 5 unspecified atom stereocenters. The van der Waals surface area contributed by atoms with E-state index in [9.17, 15) is 29.1 Å². The number of rotatable bonds is 8. The first-order valence-corrected chi connectivity index (χ1v) is 33.2. The molecule has 26 atom stereocenters. The molecule has 4 saturated carbocycles. The molecule has 90 heavy (non-hydrogen) atoms. The Hall–Kier alpha value is -4.63. The molecule has 12 saturated heterocycles. The lowest BCUT2D eigenvalue weighted by Crippen LogP contribution is -2.70. The van der Waals surface area contributed by atoms with Crippen molar-refractivity contribution in [3.05, 3.63) is 59.0 Å². The Morgan fingerprint density at radius 1 is 0.456 bits per heavy atom. The molecule has 0 radical (unpaired) electrons. The van der Waals surface area contributed by atoms with Crippen LogP contribution in [0.2, 0.25) is 0 Å². The summed E-state index contributed by atoms with van der Waals surface area (Å²) in [6, 6.07) is 8.28. The zero-order chi connectivity index (χ0) is 63.6. The van der Waals surface area contributed by atoms with Crippen molar-refractivity contribution in [2.75, 3.05) is 0 Å². The third kappa shape index (κ3) is 10.9. The molecule has 4 aliphatic carbocycles. The van der Waals surface area contributed by atoms with Gasteiger partial charge in [0.2, 0.25) is 47.8 Å². The summed E-state index contributed by atoms with van der Waals surface area (Å²) in [5.74, 6) is -4.27. The van der Waals surface area contributed by atoms with Crippen LogP contribution in [0.1, 0.15) is 214 Å². The summed E-state index contributed by atoms with van der Waals surface area (Å²) >= 11 is 0. The monoisotopic (exact) mass is 1260 g/mol. The number of hydrogen-bond acceptors (Lipinski definition) is 21. The highest BCUT2D eigenvalue weighted by Gasteiger charge is 2.73. The zero-order valence-electron chi connectivity index (χ0n) is 53.3. The summed E-state index contributed by atoms with van der Waals surface area (Å²) < 4.78 is 60.0. The smallest absolute Gasteiger partial charge is 0.376 e. The summed E-state index contributed by atoms with van der Waals surface area (Å²) in [7, 11) is 0. The molecular formula is C67H90O23. The Balaban J connectivity index is 0.000000124. The van der Waals surface area contributed by atoms with Crippen LogP contribution in [0.15, 0.2) is 40.8 Å². The quantitative estimate of drug-likeness (QED) is 0.141. The number of carboxylic acids is 2. The van der Waals surface area contributed by atoms with Gasteiger partial charge < -0.3 is 57.3 Å². The van der Waals surface area contributed by atoms with E-state index < -0.39 is 95.8 Å². The van der Waals surface area contributed by atoms with Gasteiger partial charge in [0.15, 0.2) is 35.7 Å². The van der Waals surface area contributed by atoms with Gasteiger partial charge in [-0.15, -0.1) is 0 Å².